The summed E-state index contributed by atoms with van der Waals surface area (Å²) in [5, 5.41) is 12.2. The molecule has 180 valence electrons. The number of fused-ring (bicyclic) bond motifs is 2. The molecule has 1 atom stereocenters. The van der Waals surface area contributed by atoms with Gasteiger partial charge in [-0.25, -0.2) is 0 Å². The number of methoxy groups -OCH3 is 2. The first kappa shape index (κ1) is 23.1. The van der Waals surface area contributed by atoms with E-state index in [1.807, 2.05) is 36.4 Å². The maximum atomic E-state index is 6.46. The average molecular weight is 492 g/mol. The number of para-hydroxylation sites is 1. The number of benzene rings is 3. The van der Waals surface area contributed by atoms with Gasteiger partial charge in [-0.3, -0.25) is 4.90 Å². The number of rotatable bonds is 5. The Labute approximate surface area is 209 Å². The van der Waals surface area contributed by atoms with Crippen molar-refractivity contribution < 1.29 is 14.2 Å². The van der Waals surface area contributed by atoms with Crippen LogP contribution in [0.5, 0.6) is 23.3 Å². The lowest BCUT2D eigenvalue weighted by Crippen LogP contribution is -2.35. The molecule has 0 saturated heterocycles. The Hall–Kier alpha value is -3.62. The Balaban J connectivity index is 0.00000253. The molecule has 1 aliphatic carbocycles. The fourth-order valence-corrected chi connectivity index (χ4v) is 5.15. The van der Waals surface area contributed by atoms with Gasteiger partial charge in [-0.2, -0.15) is 4.68 Å². The SMILES string of the molecule is COc1cc2c3c(c1)-c1c(ccc(OC)c1Oc1nnnn1-c1ccccc1)CC3N(C)CC2.Cl. The zero-order valence-electron chi connectivity index (χ0n) is 19.8. The normalized spacial score (nSPS) is 16.0. The van der Waals surface area contributed by atoms with Crippen molar-refractivity contribution in [3.8, 4) is 40.1 Å². The summed E-state index contributed by atoms with van der Waals surface area (Å²) >= 11 is 0. The van der Waals surface area contributed by atoms with E-state index in [0.29, 0.717) is 17.5 Å². The summed E-state index contributed by atoms with van der Waals surface area (Å²) in [6.07, 6.45) is 1.87. The molecule has 3 aromatic carbocycles. The van der Waals surface area contributed by atoms with Crippen LogP contribution in [0.2, 0.25) is 0 Å². The van der Waals surface area contributed by atoms with E-state index < -0.39 is 0 Å². The summed E-state index contributed by atoms with van der Waals surface area (Å²) in [7, 11) is 5.55. The Kier molecular flexibility index (Phi) is 6.08. The number of hydrogen-bond donors (Lipinski definition) is 0. The summed E-state index contributed by atoms with van der Waals surface area (Å²) in [4.78, 5) is 2.43. The summed E-state index contributed by atoms with van der Waals surface area (Å²) in [5.41, 5.74) is 6.78. The monoisotopic (exact) mass is 491 g/mol. The standard InChI is InChI=1S/C26H25N5O3.ClH/c1-30-12-11-17-13-19(32-2)15-20-23(17)21(30)14-16-9-10-22(33-3)25(24(16)20)34-26-27-28-29-31(26)18-7-5-4-6-8-18;/h4-10,13,15,21H,11-12,14H2,1-3H3;1H. The molecule has 1 aliphatic heterocycles. The van der Waals surface area contributed by atoms with E-state index in [4.69, 9.17) is 14.2 Å². The summed E-state index contributed by atoms with van der Waals surface area (Å²) in [6.45, 7) is 1.02. The maximum absolute atomic E-state index is 6.46. The highest BCUT2D eigenvalue weighted by Crippen LogP contribution is 2.52. The largest absolute Gasteiger partial charge is 0.497 e. The number of hydrogen-bond acceptors (Lipinski definition) is 7. The molecular weight excluding hydrogens is 466 g/mol. The van der Waals surface area contributed by atoms with Crippen molar-refractivity contribution in [2.45, 2.75) is 18.9 Å². The fourth-order valence-electron chi connectivity index (χ4n) is 5.15. The first-order chi connectivity index (χ1) is 16.7. The van der Waals surface area contributed by atoms with Gasteiger partial charge in [0.15, 0.2) is 11.5 Å². The maximum Gasteiger partial charge on any atom is 0.346 e. The molecule has 2 aliphatic rings. The van der Waals surface area contributed by atoms with Crippen LogP contribution in [0.15, 0.2) is 54.6 Å². The van der Waals surface area contributed by atoms with Gasteiger partial charge in [0.1, 0.15) is 5.75 Å². The van der Waals surface area contributed by atoms with E-state index in [0.717, 1.165) is 42.0 Å². The third kappa shape index (κ3) is 3.79. The minimum Gasteiger partial charge on any atom is -0.497 e. The molecule has 0 radical (unpaired) electrons. The first-order valence-electron chi connectivity index (χ1n) is 11.3. The van der Waals surface area contributed by atoms with Crippen LogP contribution in [-0.2, 0) is 12.8 Å². The Morgan fingerprint density at radius 2 is 1.80 bits per heavy atom. The van der Waals surface area contributed by atoms with E-state index in [1.54, 1.807) is 18.9 Å². The molecule has 0 N–H and O–H groups in total. The van der Waals surface area contributed by atoms with Crippen LogP contribution in [-0.4, -0.2) is 52.9 Å². The minimum atomic E-state index is 0. The highest BCUT2D eigenvalue weighted by Gasteiger charge is 2.36. The van der Waals surface area contributed by atoms with Crippen molar-refractivity contribution in [3.63, 3.8) is 0 Å². The number of nitrogens with zero attached hydrogens (tertiary/aromatic N) is 5. The predicted molar refractivity (Wildman–Crippen MR) is 134 cm³/mol. The highest BCUT2D eigenvalue weighted by molar-refractivity contribution is 5.85. The van der Waals surface area contributed by atoms with Gasteiger partial charge in [-0.05, 0) is 82.9 Å². The Morgan fingerprint density at radius 3 is 2.57 bits per heavy atom. The van der Waals surface area contributed by atoms with Crippen LogP contribution in [0.4, 0.5) is 0 Å². The van der Waals surface area contributed by atoms with Gasteiger partial charge < -0.3 is 14.2 Å². The quantitative estimate of drug-likeness (QED) is 0.402. The van der Waals surface area contributed by atoms with Gasteiger partial charge in [0.25, 0.3) is 0 Å². The van der Waals surface area contributed by atoms with Gasteiger partial charge in [-0.1, -0.05) is 29.4 Å². The van der Waals surface area contributed by atoms with Crippen LogP contribution < -0.4 is 14.2 Å². The van der Waals surface area contributed by atoms with Crippen LogP contribution in [0, 0.1) is 0 Å². The van der Waals surface area contributed by atoms with E-state index in [-0.39, 0.29) is 18.4 Å². The van der Waals surface area contributed by atoms with Crippen molar-refractivity contribution in [2.75, 3.05) is 27.8 Å². The van der Waals surface area contributed by atoms with Crippen LogP contribution in [0.1, 0.15) is 22.7 Å². The van der Waals surface area contributed by atoms with E-state index in [1.165, 1.54) is 16.7 Å². The lowest BCUT2D eigenvalue weighted by molar-refractivity contribution is 0.227. The van der Waals surface area contributed by atoms with Crippen molar-refractivity contribution >= 4 is 12.4 Å². The van der Waals surface area contributed by atoms with Crippen molar-refractivity contribution in [1.82, 2.24) is 25.1 Å². The molecule has 0 spiro atoms. The lowest BCUT2D eigenvalue weighted by Gasteiger charge is -2.40. The van der Waals surface area contributed by atoms with E-state index >= 15 is 0 Å². The molecular formula is C26H26ClN5O3. The molecule has 1 unspecified atom stereocenters. The molecule has 0 bridgehead atoms. The number of likely N-dealkylation sites (N-methyl/N-ethyl adjacent to an activating group) is 1. The first-order valence-corrected chi connectivity index (χ1v) is 11.3. The van der Waals surface area contributed by atoms with E-state index in [9.17, 15) is 0 Å². The molecule has 2 heterocycles. The zero-order chi connectivity index (χ0) is 23.2. The number of tetrazole rings is 1. The van der Waals surface area contributed by atoms with Crippen LogP contribution in [0.25, 0.3) is 16.8 Å². The van der Waals surface area contributed by atoms with Crippen molar-refractivity contribution in [2.24, 2.45) is 0 Å². The molecule has 4 aromatic rings. The number of ether oxygens (including phenoxy) is 3. The Bertz CT molecular complexity index is 1380. The van der Waals surface area contributed by atoms with Crippen molar-refractivity contribution in [1.29, 1.82) is 0 Å². The van der Waals surface area contributed by atoms with Gasteiger partial charge in [-0.15, -0.1) is 12.4 Å². The molecule has 35 heavy (non-hydrogen) atoms. The van der Waals surface area contributed by atoms with Crippen LogP contribution in [0.3, 0.4) is 0 Å². The predicted octanol–water partition coefficient (Wildman–Crippen LogP) is 4.65. The number of halogens is 1. The molecule has 8 nitrogen and oxygen atoms in total. The fraction of sp³-hybridized carbons (Fsp3) is 0.269. The molecule has 0 amide bonds. The molecule has 9 heteroatoms. The third-order valence-corrected chi connectivity index (χ3v) is 6.82. The average Bonchev–Trinajstić information content (AvgIpc) is 3.34. The third-order valence-electron chi connectivity index (χ3n) is 6.82. The highest BCUT2D eigenvalue weighted by atomic mass is 35.5. The van der Waals surface area contributed by atoms with Gasteiger partial charge in [0, 0.05) is 18.2 Å². The zero-order valence-corrected chi connectivity index (χ0v) is 20.6. The second kappa shape index (κ2) is 9.20. The summed E-state index contributed by atoms with van der Waals surface area (Å²) in [6, 6.07) is 18.6. The van der Waals surface area contributed by atoms with Gasteiger partial charge in [0.2, 0.25) is 0 Å². The molecule has 6 rings (SSSR count). The molecule has 1 aromatic heterocycles. The molecule has 0 fully saturated rings. The van der Waals surface area contributed by atoms with Crippen LogP contribution >= 0.6 is 12.4 Å². The molecule has 0 saturated carbocycles. The van der Waals surface area contributed by atoms with E-state index in [2.05, 4.69) is 45.7 Å². The Morgan fingerprint density at radius 1 is 0.971 bits per heavy atom. The second-order valence-corrected chi connectivity index (χ2v) is 8.64. The number of aromatic nitrogens is 4. The lowest BCUT2D eigenvalue weighted by atomic mass is 9.76. The van der Waals surface area contributed by atoms with Gasteiger partial charge in [0.05, 0.1) is 19.9 Å². The topological polar surface area (TPSA) is 74.5 Å². The summed E-state index contributed by atoms with van der Waals surface area (Å²) < 4.78 is 19.5. The minimum absolute atomic E-state index is 0. The second-order valence-electron chi connectivity index (χ2n) is 8.64. The smallest absolute Gasteiger partial charge is 0.346 e. The summed E-state index contributed by atoms with van der Waals surface area (Å²) in [5.74, 6) is 2.07. The van der Waals surface area contributed by atoms with Crippen molar-refractivity contribution in [3.05, 3.63) is 71.3 Å². The van der Waals surface area contributed by atoms with Gasteiger partial charge >= 0.3 is 6.01 Å².